The minimum absolute atomic E-state index is 1.12. The van der Waals surface area contributed by atoms with Gasteiger partial charge in [0, 0.05) is 13.1 Å². The molecule has 0 bridgehead atoms. The van der Waals surface area contributed by atoms with Crippen LogP contribution in [0.4, 0.5) is 0 Å². The van der Waals surface area contributed by atoms with Crippen LogP contribution in [0.2, 0.25) is 0 Å². The van der Waals surface area contributed by atoms with E-state index in [1.165, 1.54) is 38.9 Å². The molecule has 0 atom stereocenters. The first-order valence-corrected chi connectivity index (χ1v) is 5.51. The minimum atomic E-state index is 1.12. The van der Waals surface area contributed by atoms with Crippen LogP contribution in [0.25, 0.3) is 0 Å². The Balaban J connectivity index is 1.78. The van der Waals surface area contributed by atoms with Crippen LogP contribution in [0.15, 0.2) is 0 Å². The minimum Gasteiger partial charge on any atom is -0.320 e. The van der Waals surface area contributed by atoms with Crippen LogP contribution in [-0.4, -0.2) is 51.2 Å². The number of nitrogens with zero attached hydrogens (tertiary/aromatic N) is 1. The third-order valence-corrected chi connectivity index (χ3v) is 2.58. The van der Waals surface area contributed by atoms with Gasteiger partial charge < -0.3 is 15.5 Å². The second-order valence-electron chi connectivity index (χ2n) is 3.76. The van der Waals surface area contributed by atoms with Gasteiger partial charge in [0.25, 0.3) is 0 Å². The maximum atomic E-state index is 3.47. The fraction of sp³-hybridized carbons (Fsp3) is 1.00. The molecule has 2 N–H and O–H groups in total. The lowest BCUT2D eigenvalue weighted by molar-refractivity contribution is 0.336. The topological polar surface area (TPSA) is 27.3 Å². The maximum absolute atomic E-state index is 3.47. The van der Waals surface area contributed by atoms with Crippen LogP contribution in [0.5, 0.6) is 0 Å². The van der Waals surface area contributed by atoms with E-state index in [1.807, 2.05) is 7.05 Å². The molecule has 1 aliphatic heterocycles. The van der Waals surface area contributed by atoms with Crippen molar-refractivity contribution in [3.05, 3.63) is 0 Å². The molecule has 0 spiro atoms. The molecule has 3 nitrogen and oxygen atoms in total. The molecular weight excluding hydrogens is 162 g/mol. The van der Waals surface area contributed by atoms with Gasteiger partial charge in [-0.05, 0) is 52.5 Å². The molecule has 78 valence electrons. The summed E-state index contributed by atoms with van der Waals surface area (Å²) in [5, 5.41) is 6.61. The monoisotopic (exact) mass is 185 g/mol. The average Bonchev–Trinajstić information content (AvgIpc) is 2.63. The van der Waals surface area contributed by atoms with E-state index in [4.69, 9.17) is 0 Å². The Morgan fingerprint density at radius 2 is 1.85 bits per heavy atom. The van der Waals surface area contributed by atoms with Crippen LogP contribution in [0, 0.1) is 0 Å². The molecule has 0 aliphatic carbocycles. The summed E-state index contributed by atoms with van der Waals surface area (Å²) < 4.78 is 0. The van der Waals surface area contributed by atoms with Gasteiger partial charge in [0.1, 0.15) is 0 Å². The van der Waals surface area contributed by atoms with Gasteiger partial charge in [-0.25, -0.2) is 0 Å². The fourth-order valence-corrected chi connectivity index (χ4v) is 1.76. The van der Waals surface area contributed by atoms with Crippen molar-refractivity contribution in [3.8, 4) is 0 Å². The molecule has 1 aliphatic rings. The summed E-state index contributed by atoms with van der Waals surface area (Å²) in [5.41, 5.74) is 0. The quantitative estimate of drug-likeness (QED) is 0.558. The zero-order valence-corrected chi connectivity index (χ0v) is 8.81. The van der Waals surface area contributed by atoms with Crippen molar-refractivity contribution in [1.82, 2.24) is 15.5 Å². The number of rotatable bonds is 7. The third kappa shape index (κ3) is 5.24. The Morgan fingerprint density at radius 1 is 1.08 bits per heavy atom. The van der Waals surface area contributed by atoms with Crippen LogP contribution < -0.4 is 10.6 Å². The summed E-state index contributed by atoms with van der Waals surface area (Å²) in [7, 11) is 2.00. The SMILES string of the molecule is CNCCCNCCN1CCCC1. The molecule has 0 amide bonds. The molecule has 1 saturated heterocycles. The van der Waals surface area contributed by atoms with Crippen molar-refractivity contribution < 1.29 is 0 Å². The lowest BCUT2D eigenvalue weighted by Crippen LogP contribution is -2.31. The van der Waals surface area contributed by atoms with Gasteiger partial charge in [-0.1, -0.05) is 0 Å². The zero-order valence-electron chi connectivity index (χ0n) is 8.81. The molecule has 1 rings (SSSR count). The Hall–Kier alpha value is -0.120. The molecule has 0 saturated carbocycles. The van der Waals surface area contributed by atoms with Crippen molar-refractivity contribution in [2.24, 2.45) is 0 Å². The molecule has 13 heavy (non-hydrogen) atoms. The molecular formula is C10H23N3. The molecule has 1 fully saturated rings. The third-order valence-electron chi connectivity index (χ3n) is 2.58. The first-order valence-electron chi connectivity index (χ1n) is 5.51. The number of nitrogens with one attached hydrogen (secondary N) is 2. The highest BCUT2D eigenvalue weighted by molar-refractivity contribution is 4.66. The predicted octanol–water partition coefficient (Wildman–Crippen LogP) is 0.281. The van der Waals surface area contributed by atoms with Crippen molar-refractivity contribution in [3.63, 3.8) is 0 Å². The van der Waals surface area contributed by atoms with E-state index < -0.39 is 0 Å². The average molecular weight is 185 g/mol. The number of likely N-dealkylation sites (tertiary alicyclic amines) is 1. The van der Waals surface area contributed by atoms with Crippen LogP contribution in [0.3, 0.4) is 0 Å². The summed E-state index contributed by atoms with van der Waals surface area (Å²) in [6, 6.07) is 0. The molecule has 0 aromatic carbocycles. The van der Waals surface area contributed by atoms with Gasteiger partial charge in [-0.2, -0.15) is 0 Å². The van der Waals surface area contributed by atoms with Gasteiger partial charge in [-0.15, -0.1) is 0 Å². The summed E-state index contributed by atoms with van der Waals surface area (Å²) in [5.74, 6) is 0. The molecule has 0 unspecified atom stereocenters. The van der Waals surface area contributed by atoms with Crippen molar-refractivity contribution in [2.45, 2.75) is 19.3 Å². The van der Waals surface area contributed by atoms with E-state index in [0.717, 1.165) is 19.6 Å². The van der Waals surface area contributed by atoms with Crippen molar-refractivity contribution in [1.29, 1.82) is 0 Å². The fourth-order valence-electron chi connectivity index (χ4n) is 1.76. The van der Waals surface area contributed by atoms with Crippen molar-refractivity contribution in [2.75, 3.05) is 46.3 Å². The van der Waals surface area contributed by atoms with E-state index in [2.05, 4.69) is 15.5 Å². The maximum Gasteiger partial charge on any atom is 0.0107 e. The Kier molecular flexibility index (Phi) is 6.15. The smallest absolute Gasteiger partial charge is 0.0107 e. The van der Waals surface area contributed by atoms with E-state index in [0.29, 0.717) is 0 Å². The summed E-state index contributed by atoms with van der Waals surface area (Å²) in [6.07, 6.45) is 4.04. The van der Waals surface area contributed by atoms with Gasteiger partial charge in [0.2, 0.25) is 0 Å². The lowest BCUT2D eigenvalue weighted by atomic mass is 10.4. The first kappa shape index (κ1) is 11.0. The van der Waals surface area contributed by atoms with Crippen LogP contribution >= 0.6 is 0 Å². The van der Waals surface area contributed by atoms with Gasteiger partial charge in [0.05, 0.1) is 0 Å². The highest BCUT2D eigenvalue weighted by Crippen LogP contribution is 2.05. The zero-order chi connectivity index (χ0) is 9.36. The Bertz CT molecular complexity index is 111. The van der Waals surface area contributed by atoms with Crippen LogP contribution in [-0.2, 0) is 0 Å². The highest BCUT2D eigenvalue weighted by Gasteiger charge is 2.09. The van der Waals surface area contributed by atoms with E-state index in [-0.39, 0.29) is 0 Å². The lowest BCUT2D eigenvalue weighted by Gasteiger charge is -2.14. The molecule has 0 aromatic heterocycles. The molecule has 1 heterocycles. The molecule has 0 radical (unpaired) electrons. The second-order valence-corrected chi connectivity index (χ2v) is 3.76. The molecule has 3 heteroatoms. The van der Waals surface area contributed by atoms with E-state index >= 15 is 0 Å². The Morgan fingerprint density at radius 3 is 2.54 bits per heavy atom. The highest BCUT2D eigenvalue weighted by atomic mass is 15.1. The predicted molar refractivity (Wildman–Crippen MR) is 57.1 cm³/mol. The molecule has 0 aromatic rings. The Labute approximate surface area is 81.9 Å². The number of hydrogen-bond donors (Lipinski definition) is 2. The van der Waals surface area contributed by atoms with Gasteiger partial charge in [-0.3, -0.25) is 0 Å². The normalized spacial score (nSPS) is 18.2. The van der Waals surface area contributed by atoms with Gasteiger partial charge >= 0.3 is 0 Å². The summed E-state index contributed by atoms with van der Waals surface area (Å²) in [4.78, 5) is 2.55. The summed E-state index contributed by atoms with van der Waals surface area (Å²) >= 11 is 0. The van der Waals surface area contributed by atoms with Gasteiger partial charge in [0.15, 0.2) is 0 Å². The largest absolute Gasteiger partial charge is 0.320 e. The standard InChI is InChI=1S/C10H23N3/c1-11-5-4-6-12-7-10-13-8-2-3-9-13/h11-12H,2-10H2,1H3. The van der Waals surface area contributed by atoms with E-state index in [9.17, 15) is 0 Å². The second kappa shape index (κ2) is 7.30. The first-order chi connectivity index (χ1) is 6.43. The van der Waals surface area contributed by atoms with Crippen molar-refractivity contribution >= 4 is 0 Å². The van der Waals surface area contributed by atoms with E-state index in [1.54, 1.807) is 0 Å². The van der Waals surface area contributed by atoms with Crippen LogP contribution in [0.1, 0.15) is 19.3 Å². The summed E-state index contributed by atoms with van der Waals surface area (Å²) in [6.45, 7) is 7.30. The number of hydrogen-bond acceptors (Lipinski definition) is 3.